The van der Waals surface area contributed by atoms with Gasteiger partial charge < -0.3 is 15.4 Å². The number of aromatic nitrogens is 2. The molecule has 122 valence electrons. The Kier molecular flexibility index (Phi) is 4.78. The summed E-state index contributed by atoms with van der Waals surface area (Å²) in [4.78, 5) is 14.0. The molecule has 0 bridgehead atoms. The highest BCUT2D eigenvalue weighted by atomic mass is 16.5. The number of nitrogens with two attached hydrogens (primary N) is 1. The van der Waals surface area contributed by atoms with Crippen LogP contribution in [0, 0.1) is 11.8 Å². The zero-order valence-electron chi connectivity index (χ0n) is 13.3. The van der Waals surface area contributed by atoms with Gasteiger partial charge in [0.1, 0.15) is 0 Å². The van der Waals surface area contributed by atoms with E-state index in [9.17, 15) is 4.79 Å². The van der Waals surface area contributed by atoms with Crippen LogP contribution in [0.1, 0.15) is 25.0 Å². The number of rotatable bonds is 5. The number of ether oxygens (including phenoxy) is 1. The lowest BCUT2D eigenvalue weighted by atomic mass is 9.84. The lowest BCUT2D eigenvalue weighted by molar-refractivity contribution is -0.124. The summed E-state index contributed by atoms with van der Waals surface area (Å²) in [6.45, 7) is 3.90. The number of hydrogen-bond acceptors (Lipinski definition) is 4. The van der Waals surface area contributed by atoms with Crippen molar-refractivity contribution in [3.05, 3.63) is 18.0 Å². The summed E-state index contributed by atoms with van der Waals surface area (Å²) in [5, 5.41) is 4.21. The summed E-state index contributed by atoms with van der Waals surface area (Å²) in [6.07, 6.45) is 5.92. The van der Waals surface area contributed by atoms with Crippen molar-refractivity contribution in [3.63, 3.8) is 0 Å². The number of piperidine rings is 1. The second-order valence-corrected chi connectivity index (χ2v) is 6.51. The Labute approximate surface area is 131 Å². The van der Waals surface area contributed by atoms with Gasteiger partial charge in [-0.05, 0) is 44.3 Å². The molecule has 1 amide bonds. The standard InChI is InChI=1S/C16H26N4O2/c1-19-13(2-7-18-19)5-10-20-8-3-12(4-9-20)15-14(16(17)21)6-11-22-15/h2,7,12,14-15H,3-6,8-11H2,1H3,(H2,17,21)/t14-,15+/m0/s1. The monoisotopic (exact) mass is 306 g/mol. The minimum absolute atomic E-state index is 0.0525. The van der Waals surface area contributed by atoms with Crippen LogP contribution in [0.15, 0.2) is 12.3 Å². The van der Waals surface area contributed by atoms with Crippen LogP contribution in [0.25, 0.3) is 0 Å². The van der Waals surface area contributed by atoms with Gasteiger partial charge in [0.2, 0.25) is 5.91 Å². The summed E-state index contributed by atoms with van der Waals surface area (Å²) < 4.78 is 7.75. The van der Waals surface area contributed by atoms with Gasteiger partial charge in [-0.2, -0.15) is 5.10 Å². The third-order valence-electron chi connectivity index (χ3n) is 5.20. The Bertz CT molecular complexity index is 508. The molecule has 2 fully saturated rings. The first-order valence-electron chi connectivity index (χ1n) is 8.25. The summed E-state index contributed by atoms with van der Waals surface area (Å²) in [7, 11) is 1.99. The number of amides is 1. The highest BCUT2D eigenvalue weighted by Crippen LogP contribution is 2.32. The van der Waals surface area contributed by atoms with Gasteiger partial charge in [-0.1, -0.05) is 0 Å². The van der Waals surface area contributed by atoms with Gasteiger partial charge in [0.25, 0.3) is 0 Å². The molecule has 1 aromatic rings. The summed E-state index contributed by atoms with van der Waals surface area (Å²) in [5.74, 6) is 0.208. The molecule has 0 spiro atoms. The number of nitrogens with zero attached hydrogens (tertiary/aromatic N) is 3. The van der Waals surface area contributed by atoms with Crippen LogP contribution in [0.3, 0.4) is 0 Å². The van der Waals surface area contributed by atoms with Crippen molar-refractivity contribution in [3.8, 4) is 0 Å². The maximum absolute atomic E-state index is 11.5. The van der Waals surface area contributed by atoms with E-state index in [4.69, 9.17) is 10.5 Å². The van der Waals surface area contributed by atoms with E-state index in [0.29, 0.717) is 12.5 Å². The van der Waals surface area contributed by atoms with E-state index in [1.807, 2.05) is 17.9 Å². The van der Waals surface area contributed by atoms with Crippen molar-refractivity contribution in [1.29, 1.82) is 0 Å². The van der Waals surface area contributed by atoms with E-state index in [1.165, 1.54) is 5.69 Å². The first kappa shape index (κ1) is 15.5. The van der Waals surface area contributed by atoms with Crippen molar-refractivity contribution in [2.24, 2.45) is 24.6 Å². The second kappa shape index (κ2) is 6.79. The van der Waals surface area contributed by atoms with Crippen molar-refractivity contribution in [2.45, 2.75) is 31.8 Å². The number of hydrogen-bond donors (Lipinski definition) is 1. The lowest BCUT2D eigenvalue weighted by Crippen LogP contribution is -2.42. The first-order chi connectivity index (χ1) is 10.6. The van der Waals surface area contributed by atoms with Gasteiger partial charge in [0.15, 0.2) is 0 Å². The molecular formula is C16H26N4O2. The quantitative estimate of drug-likeness (QED) is 0.863. The number of carbonyl (C=O) groups is 1. The highest BCUT2D eigenvalue weighted by molar-refractivity contribution is 5.77. The fraction of sp³-hybridized carbons (Fsp3) is 0.750. The first-order valence-corrected chi connectivity index (χ1v) is 8.25. The highest BCUT2D eigenvalue weighted by Gasteiger charge is 2.39. The Morgan fingerprint density at radius 2 is 2.18 bits per heavy atom. The maximum atomic E-state index is 11.5. The zero-order valence-corrected chi connectivity index (χ0v) is 13.3. The fourth-order valence-electron chi connectivity index (χ4n) is 3.80. The van der Waals surface area contributed by atoms with E-state index < -0.39 is 0 Å². The van der Waals surface area contributed by atoms with E-state index in [1.54, 1.807) is 0 Å². The smallest absolute Gasteiger partial charge is 0.223 e. The Morgan fingerprint density at radius 3 is 2.82 bits per heavy atom. The molecule has 0 aliphatic carbocycles. The topological polar surface area (TPSA) is 73.4 Å². The molecule has 6 heteroatoms. The molecule has 0 saturated carbocycles. The SMILES string of the molecule is Cn1nccc1CCN1CCC([C@H]2OCC[C@@H]2C(N)=O)CC1. The van der Waals surface area contributed by atoms with Gasteiger partial charge in [0, 0.05) is 38.5 Å². The third-order valence-corrected chi connectivity index (χ3v) is 5.20. The van der Waals surface area contributed by atoms with Gasteiger partial charge >= 0.3 is 0 Å². The van der Waals surface area contributed by atoms with E-state index >= 15 is 0 Å². The predicted molar refractivity (Wildman–Crippen MR) is 83.1 cm³/mol. The molecule has 6 nitrogen and oxygen atoms in total. The van der Waals surface area contributed by atoms with E-state index in [0.717, 1.165) is 45.3 Å². The third kappa shape index (κ3) is 3.33. The number of primary amides is 1. The number of aryl methyl sites for hydroxylation is 1. The fourth-order valence-corrected chi connectivity index (χ4v) is 3.80. The lowest BCUT2D eigenvalue weighted by Gasteiger charge is -2.35. The second-order valence-electron chi connectivity index (χ2n) is 6.51. The summed E-state index contributed by atoms with van der Waals surface area (Å²) >= 11 is 0. The Balaban J connectivity index is 1.46. The van der Waals surface area contributed by atoms with E-state index in [2.05, 4.69) is 16.1 Å². The van der Waals surface area contributed by atoms with Crippen LogP contribution in [-0.2, 0) is 23.0 Å². The molecule has 2 N–H and O–H groups in total. The molecule has 2 aliphatic heterocycles. The molecule has 0 aromatic carbocycles. The molecule has 3 rings (SSSR count). The van der Waals surface area contributed by atoms with Crippen LogP contribution in [-0.4, -0.2) is 52.9 Å². The molecule has 2 atom stereocenters. The maximum Gasteiger partial charge on any atom is 0.223 e. The molecule has 1 aromatic heterocycles. The van der Waals surface area contributed by atoms with Crippen molar-refractivity contribution >= 4 is 5.91 Å². The molecule has 0 unspecified atom stereocenters. The Hall–Kier alpha value is -1.40. The van der Waals surface area contributed by atoms with E-state index in [-0.39, 0.29) is 17.9 Å². The minimum atomic E-state index is -0.193. The van der Waals surface area contributed by atoms with Gasteiger partial charge in [-0.15, -0.1) is 0 Å². The van der Waals surface area contributed by atoms with Gasteiger partial charge in [0.05, 0.1) is 12.0 Å². The van der Waals surface area contributed by atoms with Crippen molar-refractivity contribution in [2.75, 3.05) is 26.2 Å². The minimum Gasteiger partial charge on any atom is -0.377 e. The zero-order chi connectivity index (χ0) is 15.5. The normalized spacial score (nSPS) is 27.3. The van der Waals surface area contributed by atoms with Crippen LogP contribution in [0.4, 0.5) is 0 Å². The molecule has 22 heavy (non-hydrogen) atoms. The average molecular weight is 306 g/mol. The molecule has 3 heterocycles. The van der Waals surface area contributed by atoms with Crippen LogP contribution in [0.5, 0.6) is 0 Å². The Morgan fingerprint density at radius 1 is 1.41 bits per heavy atom. The average Bonchev–Trinajstić information content (AvgIpc) is 3.14. The molecule has 2 aliphatic rings. The van der Waals surface area contributed by atoms with Gasteiger partial charge in [-0.25, -0.2) is 0 Å². The summed E-state index contributed by atoms with van der Waals surface area (Å²) in [5.41, 5.74) is 6.77. The predicted octanol–water partition coefficient (Wildman–Crippen LogP) is 0.565. The molecule has 0 radical (unpaired) electrons. The number of carbonyl (C=O) groups excluding carboxylic acids is 1. The van der Waals surface area contributed by atoms with Crippen LogP contribution in [0.2, 0.25) is 0 Å². The van der Waals surface area contributed by atoms with Crippen molar-refractivity contribution in [1.82, 2.24) is 14.7 Å². The van der Waals surface area contributed by atoms with Gasteiger partial charge in [-0.3, -0.25) is 9.48 Å². The largest absolute Gasteiger partial charge is 0.377 e. The molecule has 2 saturated heterocycles. The summed E-state index contributed by atoms with van der Waals surface area (Å²) in [6, 6.07) is 2.08. The molecular weight excluding hydrogens is 280 g/mol. The van der Waals surface area contributed by atoms with Crippen LogP contribution >= 0.6 is 0 Å². The van der Waals surface area contributed by atoms with Crippen molar-refractivity contribution < 1.29 is 9.53 Å². The number of likely N-dealkylation sites (tertiary alicyclic amines) is 1. The van der Waals surface area contributed by atoms with Crippen LogP contribution < -0.4 is 5.73 Å².